The fraction of sp³-hybridized carbons (Fsp3) is 0.545. The highest BCUT2D eigenvalue weighted by molar-refractivity contribution is 5.12. The number of aromatic nitrogens is 1. The number of nitrogens with zero attached hydrogens (tertiary/aromatic N) is 1. The summed E-state index contributed by atoms with van der Waals surface area (Å²) in [6.07, 6.45) is 5.22. The van der Waals surface area contributed by atoms with Crippen LogP contribution >= 0.6 is 0 Å². The molecule has 1 aromatic heterocycles. The summed E-state index contributed by atoms with van der Waals surface area (Å²) in [4.78, 5) is 0. The maximum absolute atomic E-state index is 8.72. The first kappa shape index (κ1) is 10.2. The molecule has 0 aromatic carbocycles. The van der Waals surface area contributed by atoms with E-state index in [1.807, 2.05) is 17.0 Å². The smallest absolute Gasteiger partial charge is 0.171 e. The Morgan fingerprint density at radius 1 is 1.38 bits per heavy atom. The maximum atomic E-state index is 8.72. The molecular formula is C11H18NO+. The molecule has 0 saturated carbocycles. The van der Waals surface area contributed by atoms with E-state index in [9.17, 15) is 0 Å². The van der Waals surface area contributed by atoms with Crippen LogP contribution in [0.1, 0.15) is 31.7 Å². The number of hydrogen-bond acceptors (Lipinski definition) is 1. The summed E-state index contributed by atoms with van der Waals surface area (Å²) in [7, 11) is 0. The lowest BCUT2D eigenvalue weighted by atomic mass is 10.0. The summed E-state index contributed by atoms with van der Waals surface area (Å²) < 4.78 is 1.99. The zero-order valence-electron chi connectivity index (χ0n) is 8.40. The molecule has 0 aliphatic carbocycles. The van der Waals surface area contributed by atoms with Gasteiger partial charge in [0.05, 0.1) is 0 Å². The third-order valence-corrected chi connectivity index (χ3v) is 2.46. The Kier molecular flexibility index (Phi) is 3.90. The van der Waals surface area contributed by atoms with Crippen molar-refractivity contribution in [2.45, 2.75) is 32.7 Å². The maximum Gasteiger partial charge on any atom is 0.171 e. The van der Waals surface area contributed by atoms with Gasteiger partial charge in [-0.05, 0) is 17.9 Å². The molecule has 0 aliphatic rings. The Labute approximate surface area is 79.8 Å². The quantitative estimate of drug-likeness (QED) is 0.697. The van der Waals surface area contributed by atoms with Crippen molar-refractivity contribution >= 4 is 0 Å². The first-order valence-electron chi connectivity index (χ1n) is 4.87. The van der Waals surface area contributed by atoms with Gasteiger partial charge in [-0.1, -0.05) is 13.8 Å². The van der Waals surface area contributed by atoms with E-state index in [0.29, 0.717) is 12.5 Å². The van der Waals surface area contributed by atoms with E-state index in [2.05, 4.69) is 26.0 Å². The molecule has 0 bridgehead atoms. The van der Waals surface area contributed by atoms with E-state index in [4.69, 9.17) is 5.11 Å². The summed E-state index contributed by atoms with van der Waals surface area (Å²) in [5.41, 5.74) is 1.37. The molecule has 0 aliphatic heterocycles. The number of rotatable bonds is 4. The van der Waals surface area contributed by atoms with Crippen molar-refractivity contribution in [3.8, 4) is 0 Å². The zero-order valence-corrected chi connectivity index (χ0v) is 8.40. The summed E-state index contributed by atoms with van der Waals surface area (Å²) in [6, 6.07) is 4.26. The Morgan fingerprint density at radius 3 is 2.46 bits per heavy atom. The monoisotopic (exact) mass is 180 g/mol. The van der Waals surface area contributed by atoms with E-state index in [1.54, 1.807) is 0 Å². The van der Waals surface area contributed by atoms with Crippen LogP contribution < -0.4 is 4.57 Å². The second kappa shape index (κ2) is 4.97. The molecule has 0 fully saturated rings. The molecule has 1 rings (SSSR count). The molecule has 1 N–H and O–H groups in total. The summed E-state index contributed by atoms with van der Waals surface area (Å²) in [6.45, 7) is 5.30. The molecule has 0 amide bonds. The Balaban J connectivity index is 2.69. The van der Waals surface area contributed by atoms with Crippen LogP contribution in [0, 0.1) is 0 Å². The van der Waals surface area contributed by atoms with Crippen molar-refractivity contribution in [2.24, 2.45) is 0 Å². The summed E-state index contributed by atoms with van der Waals surface area (Å²) >= 11 is 0. The molecule has 1 heterocycles. The Morgan fingerprint density at radius 2 is 2.00 bits per heavy atom. The van der Waals surface area contributed by atoms with Gasteiger partial charge in [-0.15, -0.1) is 0 Å². The van der Waals surface area contributed by atoms with Gasteiger partial charge in [0.15, 0.2) is 18.9 Å². The Bertz CT molecular complexity index is 243. The van der Waals surface area contributed by atoms with E-state index in [0.717, 1.165) is 0 Å². The number of hydrogen-bond donors (Lipinski definition) is 1. The standard InChI is InChI=1S/C11H18NO/c1-3-10(2)11-4-6-12(7-5-11)8-9-13/h4-7,10,13H,3,8-9H2,1-2H3/q+1. The SMILES string of the molecule is CCC(C)c1cc[n+](CCO)cc1. The van der Waals surface area contributed by atoms with Crippen molar-refractivity contribution in [1.82, 2.24) is 0 Å². The first-order chi connectivity index (χ1) is 6.27. The second-order valence-electron chi connectivity index (χ2n) is 3.40. The van der Waals surface area contributed by atoms with Gasteiger partial charge in [-0.3, -0.25) is 0 Å². The number of aliphatic hydroxyl groups is 1. The predicted molar refractivity (Wildman–Crippen MR) is 52.4 cm³/mol. The lowest BCUT2D eigenvalue weighted by Gasteiger charge is -2.06. The molecule has 0 radical (unpaired) electrons. The second-order valence-corrected chi connectivity index (χ2v) is 3.40. The topological polar surface area (TPSA) is 24.1 Å². The van der Waals surface area contributed by atoms with E-state index >= 15 is 0 Å². The van der Waals surface area contributed by atoms with Gasteiger partial charge < -0.3 is 5.11 Å². The normalized spacial score (nSPS) is 12.8. The summed E-state index contributed by atoms with van der Waals surface area (Å²) in [5.74, 6) is 0.628. The van der Waals surface area contributed by atoms with Crippen molar-refractivity contribution in [3.63, 3.8) is 0 Å². The van der Waals surface area contributed by atoms with Crippen molar-refractivity contribution in [2.75, 3.05) is 6.61 Å². The van der Waals surface area contributed by atoms with E-state index in [-0.39, 0.29) is 6.61 Å². The fourth-order valence-electron chi connectivity index (χ4n) is 1.30. The van der Waals surface area contributed by atoms with Gasteiger partial charge >= 0.3 is 0 Å². The van der Waals surface area contributed by atoms with Crippen molar-refractivity contribution in [1.29, 1.82) is 0 Å². The number of pyridine rings is 1. The highest BCUT2D eigenvalue weighted by atomic mass is 16.3. The fourth-order valence-corrected chi connectivity index (χ4v) is 1.30. The third-order valence-electron chi connectivity index (χ3n) is 2.46. The van der Waals surface area contributed by atoms with Gasteiger partial charge in [-0.25, -0.2) is 4.57 Å². The minimum atomic E-state index is 0.202. The van der Waals surface area contributed by atoms with Crippen molar-refractivity contribution in [3.05, 3.63) is 30.1 Å². The van der Waals surface area contributed by atoms with Crippen LogP contribution in [0.2, 0.25) is 0 Å². The molecule has 2 heteroatoms. The van der Waals surface area contributed by atoms with Crippen LogP contribution in [-0.2, 0) is 6.54 Å². The van der Waals surface area contributed by atoms with E-state index < -0.39 is 0 Å². The predicted octanol–water partition coefficient (Wildman–Crippen LogP) is 1.48. The molecular weight excluding hydrogens is 162 g/mol. The zero-order chi connectivity index (χ0) is 9.68. The van der Waals surface area contributed by atoms with Gasteiger partial charge in [0.2, 0.25) is 0 Å². The van der Waals surface area contributed by atoms with Crippen LogP contribution in [0.5, 0.6) is 0 Å². The van der Waals surface area contributed by atoms with Crippen LogP contribution in [0.25, 0.3) is 0 Å². The van der Waals surface area contributed by atoms with Crippen LogP contribution in [0.15, 0.2) is 24.5 Å². The average Bonchev–Trinajstić information content (AvgIpc) is 2.18. The highest BCUT2D eigenvalue weighted by Crippen LogP contribution is 2.16. The van der Waals surface area contributed by atoms with Crippen molar-refractivity contribution < 1.29 is 9.67 Å². The number of aliphatic hydroxyl groups excluding tert-OH is 1. The van der Waals surface area contributed by atoms with Crippen LogP contribution in [-0.4, -0.2) is 11.7 Å². The molecule has 72 valence electrons. The molecule has 2 nitrogen and oxygen atoms in total. The summed E-state index contributed by atoms with van der Waals surface area (Å²) in [5, 5.41) is 8.72. The molecule has 1 aromatic rings. The molecule has 1 unspecified atom stereocenters. The average molecular weight is 180 g/mol. The van der Waals surface area contributed by atoms with Gasteiger partial charge in [0.1, 0.15) is 6.61 Å². The minimum absolute atomic E-state index is 0.202. The van der Waals surface area contributed by atoms with E-state index in [1.165, 1.54) is 12.0 Å². The first-order valence-corrected chi connectivity index (χ1v) is 4.87. The van der Waals surface area contributed by atoms with Gasteiger partial charge in [0, 0.05) is 12.1 Å². The largest absolute Gasteiger partial charge is 0.390 e. The molecule has 1 atom stereocenters. The Hall–Kier alpha value is -0.890. The minimum Gasteiger partial charge on any atom is -0.390 e. The lowest BCUT2D eigenvalue weighted by Crippen LogP contribution is -2.34. The van der Waals surface area contributed by atoms with Gasteiger partial charge in [0.25, 0.3) is 0 Å². The molecule has 0 saturated heterocycles. The van der Waals surface area contributed by atoms with Crippen LogP contribution in [0.3, 0.4) is 0 Å². The molecule has 0 spiro atoms. The molecule has 13 heavy (non-hydrogen) atoms. The van der Waals surface area contributed by atoms with Crippen LogP contribution in [0.4, 0.5) is 0 Å². The lowest BCUT2D eigenvalue weighted by molar-refractivity contribution is -0.698. The third kappa shape index (κ3) is 2.81. The van der Waals surface area contributed by atoms with Gasteiger partial charge in [-0.2, -0.15) is 0 Å². The highest BCUT2D eigenvalue weighted by Gasteiger charge is 2.04.